The predicted molar refractivity (Wildman–Crippen MR) is 137 cm³/mol. The number of amidine groups is 1. The third-order valence-corrected chi connectivity index (χ3v) is 6.55. The lowest BCUT2D eigenvalue weighted by atomic mass is 10.0. The fraction of sp³-hybridized carbons (Fsp3) is 0.357. The number of nitrogens with one attached hydrogen (secondary N) is 1. The normalized spacial score (nSPS) is 18.6. The number of likely N-dealkylation sites (N-methyl/N-ethyl adjacent to an activating group) is 1. The molecule has 2 aromatic rings. The number of morpholine rings is 1. The number of ether oxygens (including phenoxy) is 1. The van der Waals surface area contributed by atoms with Crippen LogP contribution in [0.5, 0.6) is 0 Å². The molecule has 0 spiro atoms. The lowest BCUT2D eigenvalue weighted by Crippen LogP contribution is -2.52. The average Bonchev–Trinajstić information content (AvgIpc) is 2.88. The van der Waals surface area contributed by atoms with Gasteiger partial charge in [0.1, 0.15) is 17.7 Å². The highest BCUT2D eigenvalue weighted by Gasteiger charge is 2.30. The Morgan fingerprint density at radius 2 is 1.97 bits per heavy atom. The van der Waals surface area contributed by atoms with Crippen molar-refractivity contribution in [3.63, 3.8) is 0 Å². The highest BCUT2D eigenvalue weighted by atomic mass is 19.1. The lowest BCUT2D eigenvalue weighted by Gasteiger charge is -2.31. The summed E-state index contributed by atoms with van der Waals surface area (Å²) in [7, 11) is 1.72. The first-order valence-electron chi connectivity index (χ1n) is 12.2. The van der Waals surface area contributed by atoms with Gasteiger partial charge in [-0.3, -0.25) is 24.6 Å². The summed E-state index contributed by atoms with van der Waals surface area (Å²) in [5, 5.41) is 2.33. The molecule has 37 heavy (non-hydrogen) atoms. The Kier molecular flexibility index (Phi) is 8.43. The second kappa shape index (κ2) is 11.9. The summed E-state index contributed by atoms with van der Waals surface area (Å²) in [5.74, 6) is 5.17. The van der Waals surface area contributed by atoms with Gasteiger partial charge in [0.25, 0.3) is 0 Å². The smallest absolute Gasteiger partial charge is 0.249 e. The van der Waals surface area contributed by atoms with Gasteiger partial charge in [0, 0.05) is 38.7 Å². The van der Waals surface area contributed by atoms with Crippen molar-refractivity contribution in [3.05, 3.63) is 64.5 Å². The quantitative estimate of drug-likeness (QED) is 0.221. The van der Waals surface area contributed by atoms with Gasteiger partial charge in [-0.2, -0.15) is 0 Å². The van der Waals surface area contributed by atoms with Crippen LogP contribution >= 0.6 is 0 Å². The molecule has 1 N–H and O–H groups in total. The first kappa shape index (κ1) is 26.2. The molecule has 2 aromatic carbocycles. The number of carbonyl (C=O) groups excluding carboxylic acids is 3. The summed E-state index contributed by atoms with van der Waals surface area (Å²) in [4.78, 5) is 44.1. The van der Waals surface area contributed by atoms with Crippen LogP contribution in [0.1, 0.15) is 46.8 Å². The lowest BCUT2D eigenvalue weighted by molar-refractivity contribution is -0.136. The number of benzene rings is 2. The van der Waals surface area contributed by atoms with Gasteiger partial charge in [-0.15, -0.1) is 0 Å². The zero-order valence-corrected chi connectivity index (χ0v) is 20.9. The molecular formula is C28H29FN4O4. The molecule has 1 atom stereocenters. The van der Waals surface area contributed by atoms with Gasteiger partial charge in [-0.25, -0.2) is 9.38 Å². The van der Waals surface area contributed by atoms with E-state index in [1.165, 1.54) is 6.07 Å². The summed E-state index contributed by atoms with van der Waals surface area (Å²) in [6.07, 6.45) is 1.31. The molecule has 2 aliphatic rings. The number of hydrogen-bond acceptors (Lipinski definition) is 6. The highest BCUT2D eigenvalue weighted by Crippen LogP contribution is 2.23. The van der Waals surface area contributed by atoms with Crippen LogP contribution in [0, 0.1) is 17.7 Å². The molecule has 2 aliphatic heterocycles. The predicted octanol–water partition coefficient (Wildman–Crippen LogP) is 2.66. The van der Waals surface area contributed by atoms with E-state index >= 15 is 0 Å². The van der Waals surface area contributed by atoms with Crippen LogP contribution in [-0.2, 0) is 20.9 Å². The van der Waals surface area contributed by atoms with Crippen LogP contribution in [0.25, 0.3) is 0 Å². The monoisotopic (exact) mass is 504 g/mol. The Morgan fingerprint density at radius 3 is 2.68 bits per heavy atom. The molecule has 2 fully saturated rings. The molecule has 2 saturated heterocycles. The summed E-state index contributed by atoms with van der Waals surface area (Å²) in [5.41, 5.74) is 2.19. The highest BCUT2D eigenvalue weighted by molar-refractivity contribution is 6.02. The van der Waals surface area contributed by atoms with Gasteiger partial charge in [0.05, 0.1) is 30.0 Å². The van der Waals surface area contributed by atoms with E-state index in [1.807, 2.05) is 6.07 Å². The first-order valence-corrected chi connectivity index (χ1v) is 12.2. The molecule has 9 heteroatoms. The van der Waals surface area contributed by atoms with Crippen molar-refractivity contribution in [2.75, 3.05) is 33.4 Å². The van der Waals surface area contributed by atoms with Crippen LogP contribution in [0.15, 0.2) is 41.4 Å². The summed E-state index contributed by atoms with van der Waals surface area (Å²) in [6.45, 7) is 5.38. The summed E-state index contributed by atoms with van der Waals surface area (Å²) in [6, 6.07) is 9.56. The first-order chi connectivity index (χ1) is 17.9. The fourth-order valence-corrected chi connectivity index (χ4v) is 4.32. The Labute approximate surface area is 215 Å². The SMILES string of the molecule is C/C(=N/c1cccc(C#Cc2ccc(CN3CCOCC3)cc2F)c1C=O)N(C)C1CCC(=O)NC1=O. The molecule has 2 amide bonds. The van der Waals surface area contributed by atoms with Gasteiger partial charge >= 0.3 is 0 Å². The van der Waals surface area contributed by atoms with Crippen LogP contribution < -0.4 is 5.32 Å². The molecule has 1 unspecified atom stereocenters. The number of nitrogens with zero attached hydrogens (tertiary/aromatic N) is 3. The Bertz CT molecular complexity index is 1290. The van der Waals surface area contributed by atoms with E-state index < -0.39 is 11.9 Å². The average molecular weight is 505 g/mol. The van der Waals surface area contributed by atoms with Crippen molar-refractivity contribution in [1.82, 2.24) is 15.1 Å². The topological polar surface area (TPSA) is 91.3 Å². The van der Waals surface area contributed by atoms with E-state index in [-0.39, 0.29) is 29.4 Å². The Morgan fingerprint density at radius 1 is 1.22 bits per heavy atom. The molecular weight excluding hydrogens is 475 g/mol. The van der Waals surface area contributed by atoms with Crippen molar-refractivity contribution < 1.29 is 23.5 Å². The number of hydrogen-bond donors (Lipinski definition) is 1. The van der Waals surface area contributed by atoms with Gasteiger partial charge < -0.3 is 9.64 Å². The van der Waals surface area contributed by atoms with Crippen LogP contribution in [-0.4, -0.2) is 73.1 Å². The van der Waals surface area contributed by atoms with E-state index in [9.17, 15) is 18.8 Å². The van der Waals surface area contributed by atoms with Crippen molar-refractivity contribution in [3.8, 4) is 11.8 Å². The number of aldehydes is 1. The Balaban J connectivity index is 1.53. The fourth-order valence-electron chi connectivity index (χ4n) is 4.32. The molecule has 192 valence electrons. The zero-order valence-electron chi connectivity index (χ0n) is 20.9. The molecule has 0 bridgehead atoms. The largest absolute Gasteiger partial charge is 0.379 e. The van der Waals surface area contributed by atoms with Gasteiger partial charge in [0.2, 0.25) is 11.8 Å². The van der Waals surface area contributed by atoms with E-state index in [0.717, 1.165) is 18.7 Å². The minimum Gasteiger partial charge on any atom is -0.379 e. The second-order valence-electron chi connectivity index (χ2n) is 9.05. The standard InChI is InChI=1S/C28H29FN4O4/c1-19(32(2)26-10-11-27(35)31-28(26)36)30-25-5-3-4-21(23(25)18-34)8-9-22-7-6-20(16-24(22)29)17-33-12-14-37-15-13-33/h3-7,16,18,26H,10-15,17H2,1-2H3,(H,31,35,36)/b30-19-. The number of carbonyl (C=O) groups is 3. The maximum Gasteiger partial charge on any atom is 0.249 e. The van der Waals surface area contributed by atoms with E-state index in [0.29, 0.717) is 49.6 Å². The summed E-state index contributed by atoms with van der Waals surface area (Å²) < 4.78 is 20.1. The Hall–Kier alpha value is -3.87. The maximum absolute atomic E-state index is 14.8. The molecule has 0 aliphatic carbocycles. The third-order valence-electron chi connectivity index (χ3n) is 6.55. The molecule has 0 saturated carbocycles. The van der Waals surface area contributed by atoms with Crippen LogP contribution in [0.4, 0.5) is 10.1 Å². The molecule has 8 nitrogen and oxygen atoms in total. The van der Waals surface area contributed by atoms with Crippen molar-refractivity contribution in [1.29, 1.82) is 0 Å². The molecule has 4 rings (SSSR count). The van der Waals surface area contributed by atoms with Gasteiger partial charge in [-0.05, 0) is 43.2 Å². The van der Waals surface area contributed by atoms with Crippen molar-refractivity contribution in [2.24, 2.45) is 4.99 Å². The zero-order chi connectivity index (χ0) is 26.4. The van der Waals surface area contributed by atoms with Crippen LogP contribution in [0.3, 0.4) is 0 Å². The van der Waals surface area contributed by atoms with Gasteiger partial charge in [0.15, 0.2) is 6.29 Å². The number of imide groups is 1. The second-order valence-corrected chi connectivity index (χ2v) is 9.05. The van der Waals surface area contributed by atoms with E-state index in [1.54, 1.807) is 43.1 Å². The number of rotatable bonds is 5. The van der Waals surface area contributed by atoms with Gasteiger partial charge in [-0.1, -0.05) is 24.0 Å². The van der Waals surface area contributed by atoms with Crippen LogP contribution in [0.2, 0.25) is 0 Å². The van der Waals surface area contributed by atoms with E-state index in [4.69, 9.17) is 4.74 Å². The number of piperidine rings is 1. The number of halogens is 1. The summed E-state index contributed by atoms with van der Waals surface area (Å²) >= 11 is 0. The minimum absolute atomic E-state index is 0.241. The molecule has 2 heterocycles. The van der Waals surface area contributed by atoms with Crippen molar-refractivity contribution in [2.45, 2.75) is 32.4 Å². The molecule has 0 aromatic heterocycles. The minimum atomic E-state index is -0.529. The third kappa shape index (κ3) is 6.47. The molecule has 0 radical (unpaired) electrons. The number of aliphatic imine (C=N–C) groups is 1. The number of amides is 2. The van der Waals surface area contributed by atoms with Crippen molar-refractivity contribution >= 4 is 29.6 Å². The maximum atomic E-state index is 14.8. The van der Waals surface area contributed by atoms with E-state index in [2.05, 4.69) is 27.0 Å².